The minimum absolute atomic E-state index is 0.263. The number of rotatable bonds is 3. The maximum Gasteiger partial charge on any atom is 0.230 e. The predicted octanol–water partition coefficient (Wildman–Crippen LogP) is 0.997. The second-order valence-corrected chi connectivity index (χ2v) is 2.61. The van der Waals surface area contributed by atoms with Crippen molar-refractivity contribution < 1.29 is 9.63 Å². The van der Waals surface area contributed by atoms with Gasteiger partial charge in [0, 0.05) is 0 Å². The lowest BCUT2D eigenvalue weighted by molar-refractivity contribution is -0.127. The summed E-state index contributed by atoms with van der Waals surface area (Å²) in [6, 6.07) is 0. The number of amides is 1. The van der Waals surface area contributed by atoms with Crippen molar-refractivity contribution in [1.82, 2.24) is 5.48 Å². The van der Waals surface area contributed by atoms with Crippen molar-refractivity contribution in [1.29, 1.82) is 0 Å². The molecule has 0 aromatic carbocycles. The molecule has 1 saturated carbocycles. The summed E-state index contributed by atoms with van der Waals surface area (Å²) in [6.07, 6.45) is 6.77. The molecule has 3 heteroatoms. The van der Waals surface area contributed by atoms with E-state index in [0.717, 1.165) is 12.8 Å². The summed E-state index contributed by atoms with van der Waals surface area (Å²) >= 11 is 0. The van der Waals surface area contributed by atoms with Crippen LogP contribution >= 0.6 is 0 Å². The van der Waals surface area contributed by atoms with Gasteiger partial charge in [0.05, 0.1) is 6.10 Å². The fourth-order valence-corrected chi connectivity index (χ4v) is 1.31. The Bertz CT molecular complexity index is 99.8. The summed E-state index contributed by atoms with van der Waals surface area (Å²) in [5.41, 5.74) is 2.24. The van der Waals surface area contributed by atoms with Gasteiger partial charge in [0.2, 0.25) is 6.41 Å². The Kier molecular flexibility index (Phi) is 3.22. The third kappa shape index (κ3) is 2.35. The topological polar surface area (TPSA) is 38.3 Å². The summed E-state index contributed by atoms with van der Waals surface area (Å²) in [6.45, 7) is 0. The Morgan fingerprint density at radius 1 is 1.30 bits per heavy atom. The molecule has 58 valence electrons. The van der Waals surface area contributed by atoms with Crippen LogP contribution in [0.4, 0.5) is 0 Å². The van der Waals surface area contributed by atoms with E-state index in [1.165, 1.54) is 19.3 Å². The highest BCUT2D eigenvalue weighted by atomic mass is 16.7. The Hall–Kier alpha value is -0.570. The molecule has 1 N–H and O–H groups in total. The first-order valence-electron chi connectivity index (χ1n) is 3.78. The summed E-state index contributed by atoms with van der Waals surface area (Å²) in [7, 11) is 0. The molecule has 0 atom stereocenters. The molecule has 0 spiro atoms. The zero-order chi connectivity index (χ0) is 7.23. The molecule has 1 aliphatic carbocycles. The van der Waals surface area contributed by atoms with Crippen LogP contribution in [0.5, 0.6) is 0 Å². The van der Waals surface area contributed by atoms with Crippen LogP contribution in [-0.2, 0) is 9.63 Å². The monoisotopic (exact) mass is 143 g/mol. The first kappa shape index (κ1) is 7.54. The van der Waals surface area contributed by atoms with Crippen LogP contribution in [0.25, 0.3) is 0 Å². The van der Waals surface area contributed by atoms with Crippen LogP contribution in [-0.4, -0.2) is 12.5 Å². The third-order valence-corrected chi connectivity index (χ3v) is 1.84. The van der Waals surface area contributed by atoms with Crippen LogP contribution in [0.3, 0.4) is 0 Å². The van der Waals surface area contributed by atoms with E-state index in [2.05, 4.69) is 5.48 Å². The van der Waals surface area contributed by atoms with E-state index in [1.807, 2.05) is 0 Å². The maximum absolute atomic E-state index is 9.81. The van der Waals surface area contributed by atoms with Gasteiger partial charge in [-0.2, -0.15) is 0 Å². The normalized spacial score (nSPS) is 20.4. The van der Waals surface area contributed by atoms with Gasteiger partial charge in [0.15, 0.2) is 0 Å². The molecule has 3 nitrogen and oxygen atoms in total. The van der Waals surface area contributed by atoms with Gasteiger partial charge in [0.25, 0.3) is 0 Å². The first-order valence-corrected chi connectivity index (χ1v) is 3.78. The average molecular weight is 143 g/mol. The van der Waals surface area contributed by atoms with E-state index in [1.54, 1.807) is 0 Å². The lowest BCUT2D eigenvalue weighted by Crippen LogP contribution is -2.24. The standard InChI is InChI=1S/C7H13NO2/c9-6-8-10-7-4-2-1-3-5-7/h6-7H,1-5H2,(H,8,9). The van der Waals surface area contributed by atoms with Crippen molar-refractivity contribution in [3.63, 3.8) is 0 Å². The molecular formula is C7H13NO2. The van der Waals surface area contributed by atoms with Crippen molar-refractivity contribution in [3.05, 3.63) is 0 Å². The summed E-state index contributed by atoms with van der Waals surface area (Å²) in [5, 5.41) is 0. The zero-order valence-corrected chi connectivity index (χ0v) is 6.01. The summed E-state index contributed by atoms with van der Waals surface area (Å²) in [5.74, 6) is 0. The van der Waals surface area contributed by atoms with Gasteiger partial charge in [-0.3, -0.25) is 9.63 Å². The highest BCUT2D eigenvalue weighted by molar-refractivity contribution is 5.43. The van der Waals surface area contributed by atoms with Crippen LogP contribution in [0, 0.1) is 0 Å². The predicted molar refractivity (Wildman–Crippen MR) is 37.2 cm³/mol. The van der Waals surface area contributed by atoms with Crippen molar-refractivity contribution in [2.45, 2.75) is 38.2 Å². The molecule has 0 radical (unpaired) electrons. The minimum Gasteiger partial charge on any atom is -0.277 e. The minimum atomic E-state index is 0.263. The van der Waals surface area contributed by atoms with Gasteiger partial charge >= 0.3 is 0 Å². The van der Waals surface area contributed by atoms with Crippen LogP contribution in [0.2, 0.25) is 0 Å². The van der Waals surface area contributed by atoms with Gasteiger partial charge < -0.3 is 0 Å². The number of nitrogens with one attached hydrogen (secondary N) is 1. The van der Waals surface area contributed by atoms with Gasteiger partial charge in [-0.15, -0.1) is 0 Å². The average Bonchev–Trinajstić information content (AvgIpc) is 2.03. The van der Waals surface area contributed by atoms with Crippen LogP contribution in [0.1, 0.15) is 32.1 Å². The Morgan fingerprint density at radius 3 is 2.60 bits per heavy atom. The van der Waals surface area contributed by atoms with E-state index in [0.29, 0.717) is 6.41 Å². The Balaban J connectivity index is 2.07. The molecule has 0 aromatic heterocycles. The zero-order valence-electron chi connectivity index (χ0n) is 6.01. The van der Waals surface area contributed by atoms with Gasteiger partial charge in [-0.1, -0.05) is 19.3 Å². The number of hydroxylamine groups is 1. The van der Waals surface area contributed by atoms with Gasteiger partial charge in [-0.05, 0) is 12.8 Å². The molecule has 0 unspecified atom stereocenters. The quantitative estimate of drug-likeness (QED) is 0.472. The highest BCUT2D eigenvalue weighted by Gasteiger charge is 2.13. The first-order chi connectivity index (χ1) is 4.93. The largest absolute Gasteiger partial charge is 0.277 e. The Labute approximate surface area is 60.7 Å². The second-order valence-electron chi connectivity index (χ2n) is 2.61. The molecule has 0 saturated heterocycles. The van der Waals surface area contributed by atoms with Crippen LogP contribution < -0.4 is 5.48 Å². The molecular weight excluding hydrogens is 130 g/mol. The fraction of sp³-hybridized carbons (Fsp3) is 0.857. The maximum atomic E-state index is 9.81. The van der Waals surface area contributed by atoms with E-state index in [9.17, 15) is 4.79 Å². The van der Waals surface area contributed by atoms with E-state index in [4.69, 9.17) is 4.84 Å². The molecule has 0 aromatic rings. The molecule has 10 heavy (non-hydrogen) atoms. The number of hydrogen-bond donors (Lipinski definition) is 1. The lowest BCUT2D eigenvalue weighted by Gasteiger charge is -2.19. The number of hydrogen-bond acceptors (Lipinski definition) is 2. The molecule has 1 rings (SSSR count). The molecule has 0 bridgehead atoms. The van der Waals surface area contributed by atoms with Crippen molar-refractivity contribution in [3.8, 4) is 0 Å². The SMILES string of the molecule is O=CNOC1CCCCC1. The van der Waals surface area contributed by atoms with Crippen molar-refractivity contribution >= 4 is 6.41 Å². The summed E-state index contributed by atoms with van der Waals surface area (Å²) < 4.78 is 0. The lowest BCUT2D eigenvalue weighted by atomic mass is 9.98. The third-order valence-electron chi connectivity index (χ3n) is 1.84. The van der Waals surface area contributed by atoms with Crippen molar-refractivity contribution in [2.24, 2.45) is 0 Å². The molecule has 1 aliphatic rings. The molecule has 0 aliphatic heterocycles. The fourth-order valence-electron chi connectivity index (χ4n) is 1.31. The van der Waals surface area contributed by atoms with E-state index >= 15 is 0 Å². The highest BCUT2D eigenvalue weighted by Crippen LogP contribution is 2.18. The Morgan fingerprint density at radius 2 is 2.00 bits per heavy atom. The van der Waals surface area contributed by atoms with E-state index < -0.39 is 0 Å². The molecule has 1 amide bonds. The smallest absolute Gasteiger partial charge is 0.230 e. The molecule has 1 fully saturated rings. The second kappa shape index (κ2) is 4.28. The summed E-state index contributed by atoms with van der Waals surface area (Å²) in [4.78, 5) is 14.8. The number of carbonyl (C=O) groups excluding carboxylic acids is 1. The number of carbonyl (C=O) groups is 1. The van der Waals surface area contributed by atoms with Crippen LogP contribution in [0.15, 0.2) is 0 Å². The van der Waals surface area contributed by atoms with Gasteiger partial charge in [-0.25, -0.2) is 5.48 Å². The van der Waals surface area contributed by atoms with Crippen molar-refractivity contribution in [2.75, 3.05) is 0 Å². The molecule has 0 heterocycles. The van der Waals surface area contributed by atoms with Gasteiger partial charge in [0.1, 0.15) is 0 Å². The van der Waals surface area contributed by atoms with E-state index in [-0.39, 0.29) is 6.10 Å².